The van der Waals surface area contributed by atoms with Crippen LogP contribution in [0.25, 0.3) is 22.3 Å². The van der Waals surface area contributed by atoms with Crippen LogP contribution in [0.4, 0.5) is 0 Å². The normalized spacial score (nSPS) is 23.7. The zero-order chi connectivity index (χ0) is 27.1. The molecule has 3 saturated carbocycles. The van der Waals surface area contributed by atoms with Crippen molar-refractivity contribution in [2.24, 2.45) is 17.8 Å². The van der Waals surface area contributed by atoms with Gasteiger partial charge in [0.15, 0.2) is 0 Å². The highest BCUT2D eigenvalue weighted by Crippen LogP contribution is 2.46. The fourth-order valence-corrected chi connectivity index (χ4v) is 6.70. The number of benzene rings is 1. The molecule has 2 aromatic heterocycles. The van der Waals surface area contributed by atoms with Crippen molar-refractivity contribution < 1.29 is 19.0 Å². The molecule has 0 amide bonds. The quantitative estimate of drug-likeness (QED) is 0.325. The van der Waals surface area contributed by atoms with Gasteiger partial charge in [-0.3, -0.25) is 9.78 Å². The van der Waals surface area contributed by atoms with E-state index in [2.05, 4.69) is 35.3 Å². The summed E-state index contributed by atoms with van der Waals surface area (Å²) < 4.78 is 18.2. The minimum Gasteiger partial charge on any atom is -0.474 e. The van der Waals surface area contributed by atoms with Crippen LogP contribution in [0, 0.1) is 24.7 Å². The summed E-state index contributed by atoms with van der Waals surface area (Å²) in [4.78, 5) is 21.6. The first-order valence-corrected chi connectivity index (χ1v) is 14.3. The minimum atomic E-state index is -0.436. The maximum absolute atomic E-state index is 12.5. The van der Waals surface area contributed by atoms with Gasteiger partial charge in [0.1, 0.15) is 18.3 Å². The molecule has 4 atom stereocenters. The Labute approximate surface area is 231 Å². The highest BCUT2D eigenvalue weighted by Gasteiger charge is 2.39. The van der Waals surface area contributed by atoms with Crippen LogP contribution in [-0.2, 0) is 16.1 Å². The monoisotopic (exact) mass is 526 g/mol. The van der Waals surface area contributed by atoms with E-state index in [1.165, 1.54) is 6.42 Å². The molecule has 0 spiro atoms. The molecule has 3 heterocycles. The number of carbonyl (C=O) groups is 1. The highest BCUT2D eigenvalue weighted by atomic mass is 16.6. The predicted molar refractivity (Wildman–Crippen MR) is 150 cm³/mol. The minimum absolute atomic E-state index is 0.0747. The van der Waals surface area contributed by atoms with Crippen molar-refractivity contribution in [3.63, 3.8) is 0 Å². The predicted octanol–water partition coefficient (Wildman–Crippen LogP) is 7.32. The molecule has 39 heavy (non-hydrogen) atoms. The maximum atomic E-state index is 12.5. The summed E-state index contributed by atoms with van der Waals surface area (Å²) in [6.45, 7) is 8.29. The Morgan fingerprint density at radius 1 is 1.00 bits per heavy atom. The van der Waals surface area contributed by atoms with Gasteiger partial charge in [0.05, 0.1) is 0 Å². The van der Waals surface area contributed by atoms with Crippen LogP contribution < -0.4 is 9.47 Å². The molecule has 7 rings (SSSR count). The van der Waals surface area contributed by atoms with Crippen LogP contribution in [0.15, 0.2) is 48.7 Å². The van der Waals surface area contributed by atoms with Crippen molar-refractivity contribution in [3.05, 3.63) is 59.9 Å². The van der Waals surface area contributed by atoms with Gasteiger partial charge in [0.25, 0.3) is 0 Å². The van der Waals surface area contributed by atoms with E-state index in [1.807, 2.05) is 46.0 Å². The molecule has 3 aliphatic carbocycles. The lowest BCUT2D eigenvalue weighted by atomic mass is 9.74. The van der Waals surface area contributed by atoms with Crippen LogP contribution in [0.3, 0.4) is 0 Å². The fourth-order valence-electron chi connectivity index (χ4n) is 6.70. The Morgan fingerprint density at radius 3 is 2.64 bits per heavy atom. The molecule has 4 aliphatic rings. The number of carbonyl (C=O) groups excluding carboxylic acids is 1. The summed E-state index contributed by atoms with van der Waals surface area (Å²) in [5, 5.41) is 0. The van der Waals surface area contributed by atoms with Gasteiger partial charge < -0.3 is 14.2 Å². The molecule has 204 valence electrons. The summed E-state index contributed by atoms with van der Waals surface area (Å²) >= 11 is 0. The molecular formula is C33H38N2O4. The summed E-state index contributed by atoms with van der Waals surface area (Å²) in [6, 6.07) is 14.7. The molecule has 1 unspecified atom stereocenters. The summed E-state index contributed by atoms with van der Waals surface area (Å²) in [7, 11) is 0. The van der Waals surface area contributed by atoms with E-state index in [4.69, 9.17) is 19.2 Å². The van der Waals surface area contributed by atoms with Gasteiger partial charge >= 0.3 is 5.97 Å². The molecule has 2 bridgehead atoms. The second-order valence-corrected chi connectivity index (χ2v) is 12.5. The number of nitrogens with zero attached hydrogens (tertiary/aromatic N) is 2. The smallest absolute Gasteiger partial charge is 0.306 e. The first kappa shape index (κ1) is 25.8. The summed E-state index contributed by atoms with van der Waals surface area (Å²) in [5.74, 6) is 2.63. The van der Waals surface area contributed by atoms with Gasteiger partial charge in [-0.15, -0.1) is 0 Å². The summed E-state index contributed by atoms with van der Waals surface area (Å²) in [6.07, 6.45) is 7.91. The first-order valence-electron chi connectivity index (χ1n) is 14.3. The lowest BCUT2D eigenvalue weighted by molar-refractivity contribution is -0.156. The van der Waals surface area contributed by atoms with Crippen molar-refractivity contribution in [2.75, 3.05) is 0 Å². The number of rotatable bonds is 5. The van der Waals surface area contributed by atoms with Crippen LogP contribution in [0.1, 0.15) is 70.6 Å². The van der Waals surface area contributed by atoms with Gasteiger partial charge in [-0.25, -0.2) is 0 Å². The molecule has 6 nitrogen and oxygen atoms in total. The van der Waals surface area contributed by atoms with E-state index >= 15 is 0 Å². The van der Waals surface area contributed by atoms with Gasteiger partial charge in [0, 0.05) is 29.9 Å². The van der Waals surface area contributed by atoms with Gasteiger partial charge in [0.2, 0.25) is 11.8 Å². The highest BCUT2D eigenvalue weighted by molar-refractivity contribution is 5.77. The van der Waals surface area contributed by atoms with Crippen molar-refractivity contribution in [1.82, 2.24) is 9.97 Å². The van der Waals surface area contributed by atoms with Crippen LogP contribution in [-0.4, -0.2) is 27.6 Å². The third-order valence-electron chi connectivity index (χ3n) is 8.37. The molecule has 6 heteroatoms. The Kier molecular flexibility index (Phi) is 6.82. The van der Waals surface area contributed by atoms with Crippen molar-refractivity contribution in [3.8, 4) is 34.0 Å². The number of ether oxygens (including phenoxy) is 3. The van der Waals surface area contributed by atoms with Gasteiger partial charge in [-0.1, -0.05) is 18.6 Å². The Balaban J connectivity index is 1.14. The van der Waals surface area contributed by atoms with Crippen molar-refractivity contribution in [2.45, 2.75) is 84.5 Å². The molecule has 1 aromatic carbocycles. The third kappa shape index (κ3) is 5.80. The molecule has 1 aliphatic heterocycles. The van der Waals surface area contributed by atoms with Crippen molar-refractivity contribution >= 4 is 5.97 Å². The third-order valence-corrected chi connectivity index (χ3v) is 8.37. The van der Waals surface area contributed by atoms with E-state index < -0.39 is 5.60 Å². The zero-order valence-electron chi connectivity index (χ0n) is 23.4. The molecular weight excluding hydrogens is 488 g/mol. The number of pyridine rings is 2. The Bertz CT molecular complexity index is 1380. The molecule has 0 radical (unpaired) electrons. The summed E-state index contributed by atoms with van der Waals surface area (Å²) in [5.41, 5.74) is 6.19. The maximum Gasteiger partial charge on any atom is 0.306 e. The van der Waals surface area contributed by atoms with E-state index in [0.717, 1.165) is 59.2 Å². The average Bonchev–Trinajstić information content (AvgIpc) is 3.17. The van der Waals surface area contributed by atoms with E-state index in [0.29, 0.717) is 42.5 Å². The van der Waals surface area contributed by atoms with Crippen molar-refractivity contribution in [1.29, 1.82) is 0 Å². The van der Waals surface area contributed by atoms with Crippen LogP contribution in [0.5, 0.6) is 11.8 Å². The number of fused-ring (bicyclic) bond motifs is 7. The van der Waals surface area contributed by atoms with Crippen LogP contribution in [0.2, 0.25) is 0 Å². The number of esters is 1. The topological polar surface area (TPSA) is 70.5 Å². The van der Waals surface area contributed by atoms with Gasteiger partial charge in [-0.2, -0.15) is 4.98 Å². The van der Waals surface area contributed by atoms with E-state index in [1.54, 1.807) is 0 Å². The second-order valence-electron chi connectivity index (χ2n) is 12.5. The zero-order valence-corrected chi connectivity index (χ0v) is 23.4. The largest absolute Gasteiger partial charge is 0.474 e. The van der Waals surface area contributed by atoms with E-state index in [9.17, 15) is 4.79 Å². The SMILES string of the molecule is Cc1cc(-c2ccc3c(c2)COc2nc(O[C@@H]4C[C@H]5CC[C@@H](C4)C(CC(=O)OC(C)(C)C)C5)ccc2-3)ccn1. The lowest BCUT2D eigenvalue weighted by Gasteiger charge is -2.32. The second kappa shape index (κ2) is 10.3. The first-order chi connectivity index (χ1) is 18.7. The number of aromatic nitrogens is 2. The fraction of sp³-hybridized carbons (Fsp3) is 0.485. The Morgan fingerprint density at radius 2 is 1.82 bits per heavy atom. The molecule has 0 saturated heterocycles. The van der Waals surface area contributed by atoms with Gasteiger partial charge in [-0.05, 0) is 118 Å². The van der Waals surface area contributed by atoms with E-state index in [-0.39, 0.29) is 12.1 Å². The average molecular weight is 527 g/mol. The standard InChI is InChI=1S/C33H38N2O4/c1-20-13-24(11-12-34-20)22-7-8-28-26(16-22)19-37-32-29(28)9-10-30(35-32)38-27-15-21-5-6-23(17-27)25(14-21)18-31(36)39-33(2,3)4/h7-13,16,21,23,25,27H,5-6,14-15,17-19H2,1-4H3/t21-,23-,25?,27+/m0/s1. The molecule has 3 aromatic rings. The van der Waals surface area contributed by atoms with Crippen LogP contribution >= 0.6 is 0 Å². The molecule has 0 N–H and O–H groups in total. The number of aryl methyl sites for hydroxylation is 1. The lowest BCUT2D eigenvalue weighted by Crippen LogP contribution is -2.29. The molecule has 3 fully saturated rings. The Hall–Kier alpha value is -3.41. The number of hydrogen-bond acceptors (Lipinski definition) is 6. The number of hydrogen-bond donors (Lipinski definition) is 0.